The molecule has 100 valence electrons. The van der Waals surface area contributed by atoms with E-state index in [1.807, 2.05) is 0 Å². The quantitative estimate of drug-likeness (QED) is 0.671. The molecule has 1 aromatic heterocycles. The minimum absolute atomic E-state index is 0.0676. The van der Waals surface area contributed by atoms with Crippen LogP contribution in [0.15, 0.2) is 48.5 Å². The maximum absolute atomic E-state index is 10.3. The van der Waals surface area contributed by atoms with Gasteiger partial charge in [0.25, 0.3) is 0 Å². The SMILES string of the molecule is Oc1ccc(-c2n[nH]c(-c3ccc(Cl)cc3)c2O)cc1. The number of nitrogens with zero attached hydrogens (tertiary/aromatic N) is 1. The van der Waals surface area contributed by atoms with Crippen molar-refractivity contribution in [2.75, 3.05) is 0 Å². The molecule has 0 unspecified atom stereocenters. The second-order valence-corrected chi connectivity index (χ2v) is 4.79. The molecule has 20 heavy (non-hydrogen) atoms. The average Bonchev–Trinajstić information content (AvgIpc) is 2.83. The van der Waals surface area contributed by atoms with Crippen LogP contribution in [0.2, 0.25) is 5.02 Å². The first kappa shape index (κ1) is 12.6. The Hall–Kier alpha value is -2.46. The van der Waals surface area contributed by atoms with Gasteiger partial charge < -0.3 is 10.2 Å². The lowest BCUT2D eigenvalue weighted by Gasteiger charge is -2.00. The van der Waals surface area contributed by atoms with Crippen molar-refractivity contribution in [1.29, 1.82) is 0 Å². The van der Waals surface area contributed by atoms with Crippen molar-refractivity contribution in [3.05, 3.63) is 53.6 Å². The minimum atomic E-state index is 0.0676. The summed E-state index contributed by atoms with van der Waals surface area (Å²) in [5, 5.41) is 27.1. The molecular formula is C15H11ClN2O2. The molecule has 0 saturated carbocycles. The predicted molar refractivity (Wildman–Crippen MR) is 77.8 cm³/mol. The summed E-state index contributed by atoms with van der Waals surface area (Å²) in [4.78, 5) is 0. The molecule has 3 rings (SSSR count). The lowest BCUT2D eigenvalue weighted by atomic mass is 10.1. The highest BCUT2D eigenvalue weighted by Crippen LogP contribution is 2.36. The van der Waals surface area contributed by atoms with Crippen LogP contribution in [0.3, 0.4) is 0 Å². The van der Waals surface area contributed by atoms with Crippen molar-refractivity contribution in [2.24, 2.45) is 0 Å². The van der Waals surface area contributed by atoms with Gasteiger partial charge in [0.15, 0.2) is 5.75 Å². The van der Waals surface area contributed by atoms with Crippen molar-refractivity contribution < 1.29 is 10.2 Å². The number of hydrogen-bond donors (Lipinski definition) is 3. The number of benzene rings is 2. The highest BCUT2D eigenvalue weighted by Gasteiger charge is 2.15. The first-order valence-electron chi connectivity index (χ1n) is 5.98. The summed E-state index contributed by atoms with van der Waals surface area (Å²) in [6.07, 6.45) is 0. The number of aromatic nitrogens is 2. The van der Waals surface area contributed by atoms with Crippen LogP contribution in [0.4, 0.5) is 0 Å². The van der Waals surface area contributed by atoms with E-state index in [1.165, 1.54) is 0 Å². The van der Waals surface area contributed by atoms with Gasteiger partial charge in [-0.3, -0.25) is 5.10 Å². The number of hydrogen-bond acceptors (Lipinski definition) is 3. The maximum atomic E-state index is 10.3. The highest BCUT2D eigenvalue weighted by molar-refractivity contribution is 6.30. The van der Waals surface area contributed by atoms with Gasteiger partial charge >= 0.3 is 0 Å². The van der Waals surface area contributed by atoms with Gasteiger partial charge in [-0.1, -0.05) is 23.7 Å². The Kier molecular flexibility index (Phi) is 3.08. The molecule has 4 nitrogen and oxygen atoms in total. The van der Waals surface area contributed by atoms with E-state index in [4.69, 9.17) is 11.6 Å². The van der Waals surface area contributed by atoms with Gasteiger partial charge in [-0.2, -0.15) is 5.10 Å². The molecule has 0 radical (unpaired) electrons. The molecule has 0 aliphatic rings. The number of H-pyrrole nitrogens is 1. The fourth-order valence-corrected chi connectivity index (χ4v) is 2.10. The Morgan fingerprint density at radius 3 is 2.10 bits per heavy atom. The second kappa shape index (κ2) is 4.90. The van der Waals surface area contributed by atoms with E-state index in [9.17, 15) is 10.2 Å². The van der Waals surface area contributed by atoms with E-state index in [-0.39, 0.29) is 11.5 Å². The van der Waals surface area contributed by atoms with E-state index in [0.717, 1.165) is 11.1 Å². The third-order valence-corrected chi connectivity index (χ3v) is 3.27. The Morgan fingerprint density at radius 2 is 1.45 bits per heavy atom. The molecule has 5 heteroatoms. The maximum Gasteiger partial charge on any atom is 0.169 e. The largest absolute Gasteiger partial charge is 0.508 e. The fourth-order valence-electron chi connectivity index (χ4n) is 1.97. The van der Waals surface area contributed by atoms with Gasteiger partial charge in [-0.05, 0) is 36.4 Å². The zero-order valence-corrected chi connectivity index (χ0v) is 11.1. The number of rotatable bonds is 2. The summed E-state index contributed by atoms with van der Waals surface area (Å²) in [6.45, 7) is 0. The fraction of sp³-hybridized carbons (Fsp3) is 0. The smallest absolute Gasteiger partial charge is 0.169 e. The van der Waals surface area contributed by atoms with Gasteiger partial charge in [-0.25, -0.2) is 0 Å². The Bertz CT molecular complexity index is 671. The van der Waals surface area contributed by atoms with E-state index >= 15 is 0 Å². The number of halogens is 1. The zero-order valence-electron chi connectivity index (χ0n) is 10.3. The monoisotopic (exact) mass is 286 g/mol. The molecule has 0 bridgehead atoms. The van der Waals surface area contributed by atoms with Crippen LogP contribution in [-0.2, 0) is 0 Å². The van der Waals surface area contributed by atoms with E-state index in [1.54, 1.807) is 48.5 Å². The zero-order chi connectivity index (χ0) is 14.1. The normalized spacial score (nSPS) is 10.7. The molecule has 0 atom stereocenters. The summed E-state index contributed by atoms with van der Waals surface area (Å²) in [7, 11) is 0. The molecule has 3 aromatic rings. The minimum Gasteiger partial charge on any atom is -0.508 e. The van der Waals surface area contributed by atoms with Crippen LogP contribution in [-0.4, -0.2) is 20.4 Å². The lowest BCUT2D eigenvalue weighted by Crippen LogP contribution is -1.78. The molecule has 0 amide bonds. The molecular weight excluding hydrogens is 276 g/mol. The van der Waals surface area contributed by atoms with Crippen LogP contribution in [0.25, 0.3) is 22.5 Å². The molecule has 0 aliphatic carbocycles. The number of phenols is 1. The summed E-state index contributed by atoms with van der Waals surface area (Å²) < 4.78 is 0. The Balaban J connectivity index is 2.04. The molecule has 3 N–H and O–H groups in total. The van der Waals surface area contributed by atoms with Crippen molar-refractivity contribution in [3.8, 4) is 34.0 Å². The van der Waals surface area contributed by atoms with Gasteiger partial charge in [0.05, 0.1) is 0 Å². The summed E-state index contributed by atoms with van der Waals surface area (Å²) >= 11 is 5.84. The Labute approximate surface area is 120 Å². The lowest BCUT2D eigenvalue weighted by molar-refractivity contribution is 0.474. The molecule has 1 heterocycles. The molecule has 0 saturated heterocycles. The van der Waals surface area contributed by atoms with E-state index < -0.39 is 0 Å². The third kappa shape index (κ3) is 2.21. The van der Waals surface area contributed by atoms with Gasteiger partial charge in [0.1, 0.15) is 17.1 Å². The third-order valence-electron chi connectivity index (χ3n) is 3.01. The van der Waals surface area contributed by atoms with Crippen molar-refractivity contribution >= 4 is 11.6 Å². The van der Waals surface area contributed by atoms with Crippen molar-refractivity contribution in [1.82, 2.24) is 10.2 Å². The number of nitrogens with one attached hydrogen (secondary N) is 1. The van der Waals surface area contributed by atoms with E-state index in [2.05, 4.69) is 10.2 Å². The highest BCUT2D eigenvalue weighted by atomic mass is 35.5. The topological polar surface area (TPSA) is 69.1 Å². The number of phenolic OH excluding ortho intramolecular Hbond substituents is 1. The van der Waals surface area contributed by atoms with Gasteiger partial charge in [0, 0.05) is 16.1 Å². The predicted octanol–water partition coefficient (Wildman–Crippen LogP) is 3.81. The molecule has 0 spiro atoms. The van der Waals surface area contributed by atoms with Gasteiger partial charge in [-0.15, -0.1) is 0 Å². The molecule has 0 aliphatic heterocycles. The van der Waals surface area contributed by atoms with Crippen LogP contribution in [0.5, 0.6) is 11.5 Å². The second-order valence-electron chi connectivity index (χ2n) is 4.35. The average molecular weight is 287 g/mol. The van der Waals surface area contributed by atoms with Crippen molar-refractivity contribution in [3.63, 3.8) is 0 Å². The standard InChI is InChI=1S/C15H11ClN2O2/c16-11-5-1-9(2-6-11)13-15(20)14(18-17-13)10-3-7-12(19)8-4-10/h1-8,19-20H,(H,17,18). The van der Waals surface area contributed by atoms with Crippen LogP contribution in [0.1, 0.15) is 0 Å². The summed E-state index contributed by atoms with van der Waals surface area (Å²) in [6, 6.07) is 13.6. The van der Waals surface area contributed by atoms with Gasteiger partial charge in [0.2, 0.25) is 0 Å². The van der Waals surface area contributed by atoms with Crippen LogP contribution >= 0.6 is 11.6 Å². The Morgan fingerprint density at radius 1 is 0.850 bits per heavy atom. The summed E-state index contributed by atoms with van der Waals surface area (Å²) in [5.41, 5.74) is 2.49. The van der Waals surface area contributed by atoms with Crippen LogP contribution < -0.4 is 0 Å². The first-order valence-corrected chi connectivity index (χ1v) is 6.35. The first-order chi connectivity index (χ1) is 9.65. The number of aromatic hydroxyl groups is 2. The number of aromatic amines is 1. The summed E-state index contributed by atoms with van der Waals surface area (Å²) in [5.74, 6) is 0.236. The van der Waals surface area contributed by atoms with Crippen LogP contribution in [0, 0.1) is 0 Å². The van der Waals surface area contributed by atoms with Crippen molar-refractivity contribution in [2.45, 2.75) is 0 Å². The molecule has 2 aromatic carbocycles. The molecule has 0 fully saturated rings. The van der Waals surface area contributed by atoms with E-state index in [0.29, 0.717) is 16.4 Å².